The van der Waals surface area contributed by atoms with Gasteiger partial charge >= 0.3 is 5.97 Å². The van der Waals surface area contributed by atoms with Gasteiger partial charge in [0.2, 0.25) is 5.78 Å². The van der Waals surface area contributed by atoms with Crippen molar-refractivity contribution in [2.24, 2.45) is 0 Å². The first kappa shape index (κ1) is 16.9. The fourth-order valence-corrected chi connectivity index (χ4v) is 2.66. The number of fused-ring (bicyclic) bond motifs is 1. The Bertz CT molecular complexity index is 880. The van der Waals surface area contributed by atoms with Crippen LogP contribution in [0.2, 0.25) is 0 Å². The van der Waals surface area contributed by atoms with Crippen LogP contribution in [0.5, 0.6) is 11.5 Å². The molecule has 5 heteroatoms. The average Bonchev–Trinajstić information content (AvgIpc) is 2.88. The van der Waals surface area contributed by atoms with E-state index in [4.69, 9.17) is 14.2 Å². The molecule has 0 amide bonds. The maximum Gasteiger partial charge on any atom is 0.337 e. The van der Waals surface area contributed by atoms with E-state index < -0.39 is 5.97 Å². The minimum atomic E-state index is -0.509. The molecule has 128 valence electrons. The summed E-state index contributed by atoms with van der Waals surface area (Å²) in [5, 5.41) is 0. The van der Waals surface area contributed by atoms with Crippen molar-refractivity contribution in [1.82, 2.24) is 0 Å². The smallest absolute Gasteiger partial charge is 0.337 e. The predicted octanol–water partition coefficient (Wildman–Crippen LogP) is 3.47. The van der Waals surface area contributed by atoms with E-state index in [1.165, 1.54) is 7.11 Å². The van der Waals surface area contributed by atoms with Gasteiger partial charge in [0.05, 0.1) is 5.56 Å². The number of ether oxygens (including phenoxy) is 3. The van der Waals surface area contributed by atoms with Gasteiger partial charge in [0.1, 0.15) is 18.1 Å². The molecule has 25 heavy (non-hydrogen) atoms. The molecule has 2 aromatic rings. The Hall–Kier alpha value is -2.92. The quantitative estimate of drug-likeness (QED) is 0.485. The van der Waals surface area contributed by atoms with Gasteiger partial charge in [-0.1, -0.05) is 29.8 Å². The maximum atomic E-state index is 12.6. The van der Waals surface area contributed by atoms with E-state index in [0.29, 0.717) is 22.6 Å². The van der Waals surface area contributed by atoms with E-state index in [0.717, 1.165) is 11.1 Å². The van der Waals surface area contributed by atoms with Gasteiger partial charge in [-0.2, -0.15) is 0 Å². The van der Waals surface area contributed by atoms with Gasteiger partial charge in [0, 0.05) is 12.7 Å². The van der Waals surface area contributed by atoms with E-state index >= 15 is 0 Å². The first-order chi connectivity index (χ1) is 12.0. The van der Waals surface area contributed by atoms with Crippen molar-refractivity contribution in [3.63, 3.8) is 0 Å². The molecule has 0 bridgehead atoms. The molecule has 0 radical (unpaired) electrons. The number of hydrogen-bond acceptors (Lipinski definition) is 5. The zero-order valence-corrected chi connectivity index (χ0v) is 14.3. The molecule has 1 heterocycles. The zero-order chi connectivity index (χ0) is 18.0. The number of aryl methyl sites for hydroxylation is 1. The Morgan fingerprint density at radius 3 is 2.72 bits per heavy atom. The second-order valence-electron chi connectivity index (χ2n) is 5.83. The maximum absolute atomic E-state index is 12.6. The van der Waals surface area contributed by atoms with Crippen LogP contribution in [-0.4, -0.2) is 25.5 Å². The Morgan fingerprint density at radius 2 is 2.00 bits per heavy atom. The third-order valence-corrected chi connectivity index (χ3v) is 3.86. The first-order valence-electron chi connectivity index (χ1n) is 7.83. The van der Waals surface area contributed by atoms with Crippen molar-refractivity contribution >= 4 is 17.8 Å². The molecule has 0 saturated carbocycles. The number of rotatable bonds is 4. The number of carbonyl (C=O) groups excluding carboxylic acids is 2. The highest BCUT2D eigenvalue weighted by molar-refractivity contribution is 6.15. The van der Waals surface area contributed by atoms with Crippen LogP contribution in [0, 0.1) is 13.8 Å². The van der Waals surface area contributed by atoms with Crippen molar-refractivity contribution in [3.05, 3.63) is 64.4 Å². The monoisotopic (exact) mass is 338 g/mol. The number of esters is 1. The number of carbonyl (C=O) groups is 2. The summed E-state index contributed by atoms with van der Waals surface area (Å²) in [5.74, 6) is 0.334. The molecule has 0 aromatic heterocycles. The number of methoxy groups -OCH3 is 1. The van der Waals surface area contributed by atoms with E-state index in [2.05, 4.69) is 0 Å². The van der Waals surface area contributed by atoms with E-state index in [9.17, 15) is 9.59 Å². The number of hydrogen-bond donors (Lipinski definition) is 0. The summed E-state index contributed by atoms with van der Waals surface area (Å²) in [7, 11) is 1.42. The molecule has 0 spiro atoms. The first-order valence-corrected chi connectivity index (χ1v) is 7.83. The van der Waals surface area contributed by atoms with Gasteiger partial charge in [-0.15, -0.1) is 0 Å². The summed E-state index contributed by atoms with van der Waals surface area (Å²) >= 11 is 0. The largest absolute Gasteiger partial charge is 0.452 e. The van der Waals surface area contributed by atoms with Gasteiger partial charge in [0.25, 0.3) is 0 Å². The third kappa shape index (κ3) is 3.46. The van der Waals surface area contributed by atoms with E-state index in [1.807, 2.05) is 31.2 Å². The Morgan fingerprint density at radius 1 is 1.20 bits per heavy atom. The Labute approximate surface area is 145 Å². The lowest BCUT2D eigenvalue weighted by Gasteiger charge is -2.09. The molecule has 2 aromatic carbocycles. The van der Waals surface area contributed by atoms with Crippen molar-refractivity contribution in [2.75, 3.05) is 13.7 Å². The lowest BCUT2D eigenvalue weighted by atomic mass is 10.1. The molecule has 0 aliphatic carbocycles. The topological polar surface area (TPSA) is 61.8 Å². The number of Topliss-reactive ketones (excluding diaryl/α,β-unsaturated/α-hetero) is 1. The normalized spacial score (nSPS) is 14.4. The van der Waals surface area contributed by atoms with E-state index in [1.54, 1.807) is 25.1 Å². The van der Waals surface area contributed by atoms with Gasteiger partial charge < -0.3 is 14.2 Å². The zero-order valence-electron chi connectivity index (χ0n) is 14.3. The van der Waals surface area contributed by atoms with Crippen molar-refractivity contribution in [2.45, 2.75) is 13.8 Å². The van der Waals surface area contributed by atoms with Crippen molar-refractivity contribution in [1.29, 1.82) is 0 Å². The van der Waals surface area contributed by atoms with Crippen LogP contribution in [0.1, 0.15) is 27.0 Å². The second kappa shape index (κ2) is 6.91. The molecule has 0 atom stereocenters. The fraction of sp³-hybridized carbons (Fsp3) is 0.200. The fourth-order valence-electron chi connectivity index (χ4n) is 2.66. The molecular weight excluding hydrogens is 320 g/mol. The van der Waals surface area contributed by atoms with Gasteiger partial charge in [0.15, 0.2) is 5.76 Å². The van der Waals surface area contributed by atoms with Crippen LogP contribution in [0.3, 0.4) is 0 Å². The standard InChI is InChI=1S/C20H18O5/c1-12-5-4-6-14(9-12)10-17-19(22)15-7-8-16(13(2)20(15)25-17)24-18(21)11-23-3/h4-10H,11H2,1-3H3/b17-10-. The molecular formula is C20H18O5. The molecule has 0 N–H and O–H groups in total. The molecule has 1 aliphatic rings. The van der Waals surface area contributed by atoms with Crippen molar-refractivity contribution in [3.8, 4) is 11.5 Å². The highest BCUT2D eigenvalue weighted by Crippen LogP contribution is 2.39. The molecule has 1 aliphatic heterocycles. The second-order valence-corrected chi connectivity index (χ2v) is 5.83. The highest BCUT2D eigenvalue weighted by atomic mass is 16.6. The summed E-state index contributed by atoms with van der Waals surface area (Å²) in [6.07, 6.45) is 1.71. The average molecular weight is 338 g/mol. The van der Waals surface area contributed by atoms with Gasteiger partial charge in [-0.3, -0.25) is 4.79 Å². The SMILES string of the molecule is COCC(=O)Oc1ccc2c(c1C)O/C(=C\c1cccc(C)c1)C2=O. The van der Waals surface area contributed by atoms with Crippen LogP contribution in [0.4, 0.5) is 0 Å². The number of allylic oxidation sites excluding steroid dienone is 1. The van der Waals surface area contributed by atoms with Crippen LogP contribution >= 0.6 is 0 Å². The molecule has 0 fully saturated rings. The Balaban J connectivity index is 1.91. The summed E-state index contributed by atoms with van der Waals surface area (Å²) < 4.78 is 15.8. The Kier molecular flexibility index (Phi) is 4.67. The molecule has 0 unspecified atom stereocenters. The molecule has 0 saturated heterocycles. The lowest BCUT2D eigenvalue weighted by molar-refractivity contribution is -0.138. The van der Waals surface area contributed by atoms with Crippen molar-refractivity contribution < 1.29 is 23.8 Å². The number of benzene rings is 2. The minimum absolute atomic E-state index is 0.144. The highest BCUT2D eigenvalue weighted by Gasteiger charge is 2.30. The van der Waals surface area contributed by atoms with Gasteiger partial charge in [-0.05, 0) is 37.6 Å². The summed E-state index contributed by atoms with van der Waals surface area (Å²) in [6, 6.07) is 11.0. The number of ketones is 1. The summed E-state index contributed by atoms with van der Waals surface area (Å²) in [4.78, 5) is 24.2. The predicted molar refractivity (Wildman–Crippen MR) is 92.8 cm³/mol. The van der Waals surface area contributed by atoms with Crippen LogP contribution in [-0.2, 0) is 9.53 Å². The van der Waals surface area contributed by atoms with Crippen LogP contribution < -0.4 is 9.47 Å². The third-order valence-electron chi connectivity index (χ3n) is 3.86. The summed E-state index contributed by atoms with van der Waals surface area (Å²) in [5.41, 5.74) is 3.05. The van der Waals surface area contributed by atoms with Crippen LogP contribution in [0.15, 0.2) is 42.2 Å². The van der Waals surface area contributed by atoms with Crippen LogP contribution in [0.25, 0.3) is 6.08 Å². The lowest BCUT2D eigenvalue weighted by Crippen LogP contribution is -2.14. The molecule has 3 rings (SSSR count). The molecule has 5 nitrogen and oxygen atoms in total. The minimum Gasteiger partial charge on any atom is -0.452 e. The van der Waals surface area contributed by atoms with E-state index in [-0.39, 0.29) is 18.1 Å². The van der Waals surface area contributed by atoms with Gasteiger partial charge in [-0.25, -0.2) is 4.79 Å². The summed E-state index contributed by atoms with van der Waals surface area (Å²) in [6.45, 7) is 3.59.